The number of piperazine rings is 1. The molecule has 0 atom stereocenters. The Hall–Kier alpha value is -3.50. The van der Waals surface area contributed by atoms with Gasteiger partial charge < -0.3 is 20.5 Å². The number of aromatic nitrogens is 5. The largest absolute Gasteiger partial charge is 0.381 e. The fourth-order valence-corrected chi connectivity index (χ4v) is 5.33. The van der Waals surface area contributed by atoms with Crippen LogP contribution < -0.4 is 15.5 Å². The van der Waals surface area contributed by atoms with Crippen LogP contribution in [0.15, 0.2) is 42.7 Å². The molecule has 1 fully saturated rings. The van der Waals surface area contributed by atoms with E-state index in [1.165, 1.54) is 21.3 Å². The maximum atomic E-state index is 15.0. The monoisotopic (exact) mass is 480 g/mol. The zero-order chi connectivity index (χ0) is 22.5. The van der Waals surface area contributed by atoms with Crippen LogP contribution in [-0.4, -0.2) is 51.1 Å². The van der Waals surface area contributed by atoms with Crippen LogP contribution in [0.5, 0.6) is 0 Å². The highest BCUT2D eigenvalue weighted by molar-refractivity contribution is 7.22. The first kappa shape index (κ1) is 20.1. The lowest BCUT2D eigenvalue weighted by molar-refractivity contribution is 0.588. The van der Waals surface area contributed by atoms with Gasteiger partial charge in [-0.2, -0.15) is 4.39 Å². The van der Waals surface area contributed by atoms with E-state index in [1.54, 1.807) is 17.5 Å². The van der Waals surface area contributed by atoms with Gasteiger partial charge in [-0.05, 0) is 17.5 Å². The molecule has 0 unspecified atom stereocenters. The Bertz CT molecular complexity index is 1460. The average molecular weight is 481 g/mol. The number of hydrogen-bond acceptors (Lipinski definition) is 8. The predicted molar refractivity (Wildman–Crippen MR) is 131 cm³/mol. The first-order valence-corrected chi connectivity index (χ1v) is 11.6. The molecule has 5 heterocycles. The summed E-state index contributed by atoms with van der Waals surface area (Å²) in [6.45, 7) is 2.72. The number of anilines is 3. The van der Waals surface area contributed by atoms with Gasteiger partial charge in [0.25, 0.3) is 0 Å². The Morgan fingerprint density at radius 1 is 1.06 bits per heavy atom. The van der Waals surface area contributed by atoms with Crippen molar-refractivity contribution in [1.82, 2.24) is 24.9 Å². The van der Waals surface area contributed by atoms with Crippen LogP contribution >= 0.6 is 22.9 Å². The Kier molecular flexibility index (Phi) is 4.77. The number of nitrogens with one attached hydrogen (secondary N) is 1. The molecule has 0 spiro atoms. The number of halogens is 2. The smallest absolute Gasteiger partial charge is 0.207 e. The second kappa shape index (κ2) is 7.82. The fraction of sp³-hybridized carbons (Fsp3) is 0.182. The summed E-state index contributed by atoms with van der Waals surface area (Å²) in [7, 11) is 0. The number of nitrogen functional groups attached to an aromatic ring is 1. The summed E-state index contributed by atoms with van der Waals surface area (Å²) in [4.78, 5) is 24.4. The summed E-state index contributed by atoms with van der Waals surface area (Å²) in [5.41, 5.74) is 7.55. The average Bonchev–Trinajstić information content (AvgIpc) is 3.45. The first-order chi connectivity index (χ1) is 16.1. The minimum absolute atomic E-state index is 0.192. The van der Waals surface area contributed by atoms with Gasteiger partial charge in [0.15, 0.2) is 23.1 Å². The summed E-state index contributed by atoms with van der Waals surface area (Å²) >= 11 is 7.78. The molecule has 0 aliphatic carbocycles. The molecule has 0 saturated carbocycles. The summed E-state index contributed by atoms with van der Waals surface area (Å²) in [6.07, 6.45) is 3.13. The molecule has 11 heteroatoms. The quantitative estimate of drug-likeness (QED) is 0.396. The van der Waals surface area contributed by atoms with Gasteiger partial charge >= 0.3 is 0 Å². The second-order valence-electron chi connectivity index (χ2n) is 7.76. The Morgan fingerprint density at radius 3 is 2.67 bits per heavy atom. The van der Waals surface area contributed by atoms with Gasteiger partial charge in [0.05, 0.1) is 16.8 Å². The van der Waals surface area contributed by atoms with Crippen molar-refractivity contribution >= 4 is 60.8 Å². The molecule has 166 valence electrons. The molecule has 0 radical (unpaired) electrons. The van der Waals surface area contributed by atoms with Crippen molar-refractivity contribution in [3.05, 3.63) is 53.7 Å². The normalized spacial score (nSPS) is 14.5. The van der Waals surface area contributed by atoms with E-state index in [0.717, 1.165) is 13.1 Å². The molecule has 6 rings (SSSR count). The molecular weight excluding hydrogens is 463 g/mol. The molecule has 1 aromatic carbocycles. The lowest BCUT2D eigenvalue weighted by Crippen LogP contribution is -2.47. The number of H-pyrrole nitrogens is 1. The van der Waals surface area contributed by atoms with E-state index in [4.69, 9.17) is 17.3 Å². The van der Waals surface area contributed by atoms with Crippen molar-refractivity contribution in [1.29, 1.82) is 0 Å². The van der Waals surface area contributed by atoms with E-state index in [-0.39, 0.29) is 22.6 Å². The van der Waals surface area contributed by atoms with Crippen molar-refractivity contribution in [2.45, 2.75) is 0 Å². The van der Waals surface area contributed by atoms with Crippen molar-refractivity contribution in [2.24, 2.45) is 0 Å². The third-order valence-corrected chi connectivity index (χ3v) is 7.11. The SMILES string of the molecule is Nc1nc(-c2c[nH]c3ncc(Cl)nc23)nc(N2CCN(c3cc4ccccc4s3)CC2)c1F. The predicted octanol–water partition coefficient (Wildman–Crippen LogP) is 4.33. The third-order valence-electron chi connectivity index (χ3n) is 5.76. The maximum Gasteiger partial charge on any atom is 0.207 e. The zero-order valence-electron chi connectivity index (χ0n) is 17.3. The molecule has 1 aliphatic heterocycles. The van der Waals surface area contributed by atoms with Crippen LogP contribution in [0.2, 0.25) is 5.15 Å². The maximum absolute atomic E-state index is 15.0. The second-order valence-corrected chi connectivity index (χ2v) is 9.21. The standard InChI is InChI=1S/C22H18ClFN8S/c23-15-11-27-21-18(28-15)13(10-26-21)20-29-19(25)17(24)22(30-20)32-7-5-31(6-8-32)16-9-12-3-1-2-4-14(12)33-16/h1-4,9-11H,5-8H2,(H,26,27)(H2,25,29,30). The van der Waals surface area contributed by atoms with E-state index in [2.05, 4.69) is 48.0 Å². The fourth-order valence-electron chi connectivity index (χ4n) is 4.08. The van der Waals surface area contributed by atoms with Gasteiger partial charge in [0.2, 0.25) is 5.82 Å². The van der Waals surface area contributed by atoms with Crippen LogP contribution in [0, 0.1) is 5.82 Å². The highest BCUT2D eigenvalue weighted by Gasteiger charge is 2.25. The zero-order valence-corrected chi connectivity index (χ0v) is 18.9. The van der Waals surface area contributed by atoms with Gasteiger partial charge in [0.1, 0.15) is 10.7 Å². The Balaban J connectivity index is 1.29. The first-order valence-electron chi connectivity index (χ1n) is 10.4. The summed E-state index contributed by atoms with van der Waals surface area (Å²) in [5.74, 6) is -0.347. The van der Waals surface area contributed by atoms with E-state index in [0.29, 0.717) is 29.8 Å². The summed E-state index contributed by atoms with van der Waals surface area (Å²) in [6, 6.07) is 10.6. The number of rotatable bonds is 3. The lowest BCUT2D eigenvalue weighted by atomic mass is 10.2. The van der Waals surface area contributed by atoms with Gasteiger partial charge in [-0.25, -0.2) is 19.9 Å². The van der Waals surface area contributed by atoms with Crippen LogP contribution in [0.4, 0.5) is 21.0 Å². The van der Waals surface area contributed by atoms with Crippen LogP contribution in [0.3, 0.4) is 0 Å². The number of thiophene rings is 1. The molecule has 4 aromatic heterocycles. The molecule has 0 bridgehead atoms. The van der Waals surface area contributed by atoms with Crippen LogP contribution in [-0.2, 0) is 0 Å². The van der Waals surface area contributed by atoms with Gasteiger partial charge in [0, 0.05) is 37.1 Å². The van der Waals surface area contributed by atoms with Crippen molar-refractivity contribution in [2.75, 3.05) is 41.7 Å². The lowest BCUT2D eigenvalue weighted by Gasteiger charge is -2.36. The van der Waals surface area contributed by atoms with Gasteiger partial charge in [-0.1, -0.05) is 29.8 Å². The number of aromatic amines is 1. The Morgan fingerprint density at radius 2 is 1.85 bits per heavy atom. The number of nitrogens with zero attached hydrogens (tertiary/aromatic N) is 6. The molecule has 8 nitrogen and oxygen atoms in total. The molecule has 5 aromatic rings. The summed E-state index contributed by atoms with van der Waals surface area (Å²) < 4.78 is 16.2. The minimum Gasteiger partial charge on any atom is -0.381 e. The Labute approximate surface area is 196 Å². The molecule has 3 N–H and O–H groups in total. The van der Waals surface area contributed by atoms with Crippen molar-refractivity contribution in [3.63, 3.8) is 0 Å². The van der Waals surface area contributed by atoms with Gasteiger partial charge in [-0.3, -0.25) is 0 Å². The van der Waals surface area contributed by atoms with Crippen LogP contribution in [0.1, 0.15) is 0 Å². The third kappa shape index (κ3) is 3.51. The van der Waals surface area contributed by atoms with Gasteiger partial charge in [-0.15, -0.1) is 11.3 Å². The topological polar surface area (TPSA) is 99.8 Å². The molecule has 33 heavy (non-hydrogen) atoms. The molecule has 1 saturated heterocycles. The summed E-state index contributed by atoms with van der Waals surface area (Å²) in [5, 5.41) is 2.70. The number of benzene rings is 1. The number of nitrogens with two attached hydrogens (primary N) is 1. The minimum atomic E-state index is -0.613. The van der Waals surface area contributed by atoms with E-state index < -0.39 is 5.82 Å². The highest BCUT2D eigenvalue weighted by Crippen LogP contribution is 2.34. The molecule has 0 amide bonds. The van der Waals surface area contributed by atoms with E-state index in [1.807, 2.05) is 17.0 Å². The molecular formula is C22H18ClFN8S. The van der Waals surface area contributed by atoms with Crippen molar-refractivity contribution < 1.29 is 4.39 Å². The van der Waals surface area contributed by atoms with E-state index >= 15 is 0 Å². The highest BCUT2D eigenvalue weighted by atomic mass is 35.5. The van der Waals surface area contributed by atoms with Crippen molar-refractivity contribution in [3.8, 4) is 11.4 Å². The number of hydrogen-bond donors (Lipinski definition) is 2. The van der Waals surface area contributed by atoms with E-state index in [9.17, 15) is 4.39 Å². The number of fused-ring (bicyclic) bond motifs is 2. The van der Waals surface area contributed by atoms with Crippen LogP contribution in [0.25, 0.3) is 32.6 Å². The molecule has 1 aliphatic rings.